The first-order valence-corrected chi connectivity index (χ1v) is 7.35. The Hall–Kier alpha value is -2.34. The van der Waals surface area contributed by atoms with Crippen LogP contribution < -0.4 is 10.6 Å². The van der Waals surface area contributed by atoms with E-state index in [0.29, 0.717) is 17.5 Å². The molecule has 2 aromatic rings. The molecule has 1 aromatic heterocycles. The van der Waals surface area contributed by atoms with Crippen LogP contribution in [0.1, 0.15) is 30.1 Å². The second-order valence-corrected chi connectivity index (χ2v) is 5.04. The van der Waals surface area contributed by atoms with Crippen molar-refractivity contribution < 1.29 is 9.90 Å². The topological polar surface area (TPSA) is 87.1 Å². The van der Waals surface area contributed by atoms with Crippen LogP contribution in [0.3, 0.4) is 0 Å². The number of carboxylic acid groups (broad SMARTS) is 1. The number of benzene rings is 1. The van der Waals surface area contributed by atoms with Crippen molar-refractivity contribution in [2.24, 2.45) is 0 Å². The van der Waals surface area contributed by atoms with Gasteiger partial charge in [-0.1, -0.05) is 37.1 Å². The van der Waals surface area contributed by atoms with E-state index < -0.39 is 5.97 Å². The van der Waals surface area contributed by atoms with Crippen molar-refractivity contribution in [3.05, 3.63) is 41.0 Å². The third-order valence-electron chi connectivity index (χ3n) is 2.93. The largest absolute Gasteiger partial charge is 0.478 e. The van der Waals surface area contributed by atoms with Crippen LogP contribution in [0, 0.1) is 0 Å². The number of aromatic nitrogens is 2. The predicted octanol–water partition coefficient (Wildman–Crippen LogP) is 3.78. The van der Waals surface area contributed by atoms with Gasteiger partial charge in [0, 0.05) is 12.6 Å². The number of halogens is 1. The Balaban J connectivity index is 2.21. The number of aromatic carboxylic acids is 1. The quantitative estimate of drug-likeness (QED) is 0.531. The van der Waals surface area contributed by atoms with Gasteiger partial charge >= 0.3 is 5.97 Å². The van der Waals surface area contributed by atoms with E-state index >= 15 is 0 Å². The molecule has 0 amide bonds. The molecule has 116 valence electrons. The first-order chi connectivity index (χ1) is 10.6. The number of hydrogen-bond donors (Lipinski definition) is 3. The fraction of sp³-hybridized carbons (Fsp3) is 0.267. The smallest absolute Gasteiger partial charge is 0.337 e. The minimum absolute atomic E-state index is 0.165. The minimum atomic E-state index is -1.01. The van der Waals surface area contributed by atoms with Gasteiger partial charge in [0.25, 0.3) is 0 Å². The van der Waals surface area contributed by atoms with Gasteiger partial charge in [-0.25, -0.2) is 9.78 Å². The van der Waals surface area contributed by atoms with Crippen LogP contribution in [0.25, 0.3) is 0 Å². The Morgan fingerprint density at radius 3 is 2.82 bits per heavy atom. The maximum Gasteiger partial charge on any atom is 0.337 e. The van der Waals surface area contributed by atoms with Gasteiger partial charge in [0.1, 0.15) is 11.0 Å². The zero-order valence-corrected chi connectivity index (χ0v) is 12.9. The number of nitrogens with zero attached hydrogens (tertiary/aromatic N) is 2. The van der Waals surface area contributed by atoms with Gasteiger partial charge in [0.05, 0.1) is 11.3 Å². The highest BCUT2D eigenvalue weighted by Crippen LogP contribution is 2.22. The summed E-state index contributed by atoms with van der Waals surface area (Å²) in [5.41, 5.74) is 0.613. The third-order valence-corrected chi connectivity index (χ3v) is 3.12. The fourth-order valence-corrected chi connectivity index (χ4v) is 2.04. The molecule has 2 rings (SSSR count). The van der Waals surface area contributed by atoms with Gasteiger partial charge in [0.2, 0.25) is 5.95 Å². The summed E-state index contributed by atoms with van der Waals surface area (Å²) in [4.78, 5) is 19.6. The minimum Gasteiger partial charge on any atom is -0.478 e. The van der Waals surface area contributed by atoms with Crippen molar-refractivity contribution in [1.29, 1.82) is 0 Å². The van der Waals surface area contributed by atoms with E-state index in [9.17, 15) is 9.90 Å². The van der Waals surface area contributed by atoms with Crippen LogP contribution >= 0.6 is 11.6 Å². The molecule has 7 heteroatoms. The van der Waals surface area contributed by atoms with Gasteiger partial charge in [0.15, 0.2) is 0 Å². The van der Waals surface area contributed by atoms with Gasteiger partial charge in [-0.2, -0.15) is 4.98 Å². The lowest BCUT2D eigenvalue weighted by Gasteiger charge is -2.11. The Morgan fingerprint density at radius 1 is 1.32 bits per heavy atom. The van der Waals surface area contributed by atoms with E-state index in [-0.39, 0.29) is 10.7 Å². The van der Waals surface area contributed by atoms with E-state index in [1.54, 1.807) is 24.3 Å². The summed E-state index contributed by atoms with van der Waals surface area (Å²) in [6, 6.07) is 8.15. The highest BCUT2D eigenvalue weighted by Gasteiger charge is 2.10. The lowest BCUT2D eigenvalue weighted by molar-refractivity contribution is 0.0698. The summed E-state index contributed by atoms with van der Waals surface area (Å²) < 4.78 is 0. The lowest BCUT2D eigenvalue weighted by atomic mass is 10.2. The van der Waals surface area contributed by atoms with Crippen molar-refractivity contribution in [2.75, 3.05) is 17.2 Å². The molecule has 0 fully saturated rings. The van der Waals surface area contributed by atoms with Crippen LogP contribution in [0.4, 0.5) is 17.5 Å². The number of nitrogens with one attached hydrogen (secondary N) is 2. The van der Waals surface area contributed by atoms with Crippen LogP contribution in [0.2, 0.25) is 5.15 Å². The van der Waals surface area contributed by atoms with Crippen molar-refractivity contribution >= 4 is 35.0 Å². The number of carbonyl (C=O) groups is 1. The molecule has 0 aliphatic carbocycles. The van der Waals surface area contributed by atoms with E-state index in [0.717, 1.165) is 19.4 Å². The molecule has 0 atom stereocenters. The van der Waals surface area contributed by atoms with Gasteiger partial charge in [-0.3, -0.25) is 0 Å². The Labute approximate surface area is 133 Å². The van der Waals surface area contributed by atoms with Crippen LogP contribution in [0.5, 0.6) is 0 Å². The Morgan fingerprint density at radius 2 is 2.09 bits per heavy atom. The van der Waals surface area contributed by atoms with E-state index in [1.807, 2.05) is 0 Å². The molecule has 0 aliphatic rings. The average Bonchev–Trinajstić information content (AvgIpc) is 2.47. The van der Waals surface area contributed by atoms with Gasteiger partial charge in [-0.05, 0) is 18.6 Å². The first kappa shape index (κ1) is 16.0. The second-order valence-electron chi connectivity index (χ2n) is 4.66. The highest BCUT2D eigenvalue weighted by molar-refractivity contribution is 6.29. The van der Waals surface area contributed by atoms with Crippen molar-refractivity contribution in [1.82, 2.24) is 9.97 Å². The summed E-state index contributed by atoms with van der Waals surface area (Å²) in [6.45, 7) is 2.85. The highest BCUT2D eigenvalue weighted by atomic mass is 35.5. The molecular weight excluding hydrogens is 304 g/mol. The molecule has 0 spiro atoms. The summed E-state index contributed by atoms with van der Waals surface area (Å²) in [6.07, 6.45) is 2.06. The summed E-state index contributed by atoms with van der Waals surface area (Å²) in [5.74, 6) is -0.159. The normalized spacial score (nSPS) is 10.3. The molecule has 0 unspecified atom stereocenters. The van der Waals surface area contributed by atoms with E-state index in [1.165, 1.54) is 6.07 Å². The Kier molecular flexibility index (Phi) is 5.55. The Bertz CT molecular complexity index is 664. The van der Waals surface area contributed by atoms with Crippen molar-refractivity contribution in [3.63, 3.8) is 0 Å². The lowest BCUT2D eigenvalue weighted by Crippen LogP contribution is -2.08. The van der Waals surface area contributed by atoms with Crippen LogP contribution in [-0.4, -0.2) is 27.6 Å². The molecular formula is C15H17ClN4O2. The summed E-state index contributed by atoms with van der Waals surface area (Å²) in [5, 5.41) is 15.5. The van der Waals surface area contributed by atoms with Crippen molar-refractivity contribution in [2.45, 2.75) is 19.8 Å². The van der Waals surface area contributed by atoms with E-state index in [4.69, 9.17) is 11.6 Å². The maximum atomic E-state index is 11.2. The molecule has 6 nitrogen and oxygen atoms in total. The molecule has 22 heavy (non-hydrogen) atoms. The third kappa shape index (κ3) is 4.33. The van der Waals surface area contributed by atoms with Crippen molar-refractivity contribution in [3.8, 4) is 0 Å². The molecule has 1 aromatic carbocycles. The standard InChI is InChI=1S/C15H17ClN4O2/c1-2-3-8-17-15-19-12(16)9-13(20-15)18-11-7-5-4-6-10(11)14(21)22/h4-7,9H,2-3,8H2,1H3,(H,21,22)(H2,17,18,19,20). The second kappa shape index (κ2) is 7.61. The molecule has 0 radical (unpaired) electrons. The molecule has 0 aliphatic heterocycles. The fourth-order valence-electron chi connectivity index (χ4n) is 1.85. The van der Waals surface area contributed by atoms with Gasteiger partial charge in [-0.15, -0.1) is 0 Å². The number of hydrogen-bond acceptors (Lipinski definition) is 5. The number of para-hydroxylation sites is 1. The molecule has 1 heterocycles. The predicted molar refractivity (Wildman–Crippen MR) is 87.1 cm³/mol. The molecule has 0 saturated heterocycles. The van der Waals surface area contributed by atoms with Crippen LogP contribution in [-0.2, 0) is 0 Å². The number of rotatable bonds is 7. The first-order valence-electron chi connectivity index (χ1n) is 6.98. The average molecular weight is 321 g/mol. The molecule has 0 bridgehead atoms. The number of carboxylic acids is 1. The SMILES string of the molecule is CCCCNc1nc(Cl)cc(Nc2ccccc2C(=O)O)n1. The summed E-state index contributed by atoms with van der Waals surface area (Å²) >= 11 is 5.98. The van der Waals surface area contributed by atoms with Crippen LogP contribution in [0.15, 0.2) is 30.3 Å². The molecule has 3 N–H and O–H groups in total. The zero-order chi connectivity index (χ0) is 15.9. The van der Waals surface area contributed by atoms with E-state index in [2.05, 4.69) is 27.5 Å². The molecule has 0 saturated carbocycles. The maximum absolute atomic E-state index is 11.2. The summed E-state index contributed by atoms with van der Waals surface area (Å²) in [7, 11) is 0. The number of unbranched alkanes of at least 4 members (excludes halogenated alkanes) is 1. The zero-order valence-electron chi connectivity index (χ0n) is 12.1. The number of anilines is 3. The monoisotopic (exact) mass is 320 g/mol. The van der Waals surface area contributed by atoms with Gasteiger partial charge < -0.3 is 15.7 Å².